The first-order valence-corrected chi connectivity index (χ1v) is 8.35. The summed E-state index contributed by atoms with van der Waals surface area (Å²) in [5.74, 6) is -2.92. The molecule has 3 rings (SSSR count). The molecule has 27 heavy (non-hydrogen) atoms. The molecule has 0 bridgehead atoms. The van der Waals surface area contributed by atoms with Crippen molar-refractivity contribution in [3.05, 3.63) is 24.3 Å². The van der Waals surface area contributed by atoms with Crippen LogP contribution in [0.1, 0.15) is 19.3 Å². The number of nitrogens with zero attached hydrogens (tertiary/aromatic N) is 2. The topological polar surface area (TPSA) is 87.2 Å². The van der Waals surface area contributed by atoms with Gasteiger partial charge in [0.05, 0.1) is 24.1 Å². The Morgan fingerprint density at radius 1 is 1.19 bits per heavy atom. The largest absolute Gasteiger partial charge is 0.573 e. The highest BCUT2D eigenvalue weighted by Crippen LogP contribution is 2.32. The number of carbonyl (C=O) groups excluding carboxylic acids is 2. The minimum absolute atomic E-state index is 0.00896. The summed E-state index contributed by atoms with van der Waals surface area (Å²) in [6.07, 6.45) is -4.22. The quantitative estimate of drug-likeness (QED) is 0.797. The van der Waals surface area contributed by atoms with Gasteiger partial charge < -0.3 is 9.84 Å². The van der Waals surface area contributed by atoms with Crippen LogP contribution in [0, 0.1) is 5.92 Å². The smallest absolute Gasteiger partial charge is 0.481 e. The normalized spacial score (nSPS) is 22.3. The predicted octanol–water partition coefficient (Wildman–Crippen LogP) is 2.01. The number of hydrogen-bond acceptors (Lipinski definition) is 5. The number of benzene rings is 1. The van der Waals surface area contributed by atoms with Gasteiger partial charge in [0.15, 0.2) is 0 Å². The Morgan fingerprint density at radius 2 is 1.85 bits per heavy atom. The molecule has 2 saturated heterocycles. The number of alkyl halides is 3. The Kier molecular flexibility index (Phi) is 5.09. The van der Waals surface area contributed by atoms with Crippen LogP contribution in [-0.4, -0.2) is 53.3 Å². The standard InChI is InChI=1S/C17H17F3N2O5/c18-17(19,20)27-12-3-1-2-11(8-12)22-14(23)9-13(15(22)24)21-6-4-10(5-7-21)16(25)26/h1-3,8,10,13H,4-7,9H2,(H,25,26). The Balaban J connectivity index is 1.73. The molecule has 10 heteroatoms. The van der Waals surface area contributed by atoms with Crippen molar-refractivity contribution in [2.75, 3.05) is 18.0 Å². The van der Waals surface area contributed by atoms with Crippen molar-refractivity contribution in [3.63, 3.8) is 0 Å². The number of imide groups is 1. The number of rotatable bonds is 4. The number of halogens is 3. The number of amides is 2. The lowest BCUT2D eigenvalue weighted by Gasteiger charge is -2.33. The zero-order valence-electron chi connectivity index (χ0n) is 14.1. The highest BCUT2D eigenvalue weighted by Gasteiger charge is 2.44. The number of piperidine rings is 1. The zero-order chi connectivity index (χ0) is 19.8. The van der Waals surface area contributed by atoms with E-state index in [1.807, 2.05) is 0 Å². The summed E-state index contributed by atoms with van der Waals surface area (Å²) >= 11 is 0. The average Bonchev–Trinajstić information content (AvgIpc) is 2.88. The van der Waals surface area contributed by atoms with Crippen molar-refractivity contribution in [1.29, 1.82) is 0 Å². The van der Waals surface area contributed by atoms with Crippen LogP contribution in [0.25, 0.3) is 0 Å². The molecular formula is C17H17F3N2O5. The summed E-state index contributed by atoms with van der Waals surface area (Å²) in [5, 5.41) is 9.04. The van der Waals surface area contributed by atoms with Gasteiger partial charge in [-0.25, -0.2) is 4.90 Å². The molecule has 0 radical (unpaired) electrons. The van der Waals surface area contributed by atoms with Crippen LogP contribution in [0.4, 0.5) is 18.9 Å². The molecule has 2 aliphatic heterocycles. The summed E-state index contributed by atoms with van der Waals surface area (Å²) in [5.41, 5.74) is 0.00896. The molecule has 1 aromatic carbocycles. The Labute approximate surface area is 152 Å². The second-order valence-corrected chi connectivity index (χ2v) is 6.48. The van der Waals surface area contributed by atoms with E-state index in [9.17, 15) is 27.6 Å². The molecule has 1 unspecified atom stereocenters. The first-order valence-electron chi connectivity index (χ1n) is 8.35. The summed E-state index contributed by atoms with van der Waals surface area (Å²) in [7, 11) is 0. The van der Waals surface area contributed by atoms with Crippen LogP contribution in [0.3, 0.4) is 0 Å². The molecule has 2 aliphatic rings. The van der Waals surface area contributed by atoms with E-state index >= 15 is 0 Å². The number of ether oxygens (including phenoxy) is 1. The number of carboxylic acids is 1. The summed E-state index contributed by atoms with van der Waals surface area (Å²) in [6.45, 7) is 0.734. The molecule has 2 fully saturated rings. The number of hydrogen-bond donors (Lipinski definition) is 1. The highest BCUT2D eigenvalue weighted by atomic mass is 19.4. The van der Waals surface area contributed by atoms with Gasteiger partial charge >= 0.3 is 12.3 Å². The number of carbonyl (C=O) groups is 3. The van der Waals surface area contributed by atoms with Crippen molar-refractivity contribution in [2.45, 2.75) is 31.7 Å². The second kappa shape index (κ2) is 7.18. The average molecular weight is 386 g/mol. The molecule has 7 nitrogen and oxygen atoms in total. The molecule has 1 aromatic rings. The molecule has 146 valence electrons. The minimum Gasteiger partial charge on any atom is -0.481 e. The van der Waals surface area contributed by atoms with Crippen LogP contribution < -0.4 is 9.64 Å². The van der Waals surface area contributed by atoms with E-state index in [4.69, 9.17) is 5.11 Å². The third-order valence-electron chi connectivity index (χ3n) is 4.75. The van der Waals surface area contributed by atoms with Crippen LogP contribution in [0.5, 0.6) is 5.75 Å². The SMILES string of the molecule is O=C(O)C1CCN(C2CC(=O)N(c3cccc(OC(F)(F)F)c3)C2=O)CC1. The first kappa shape index (κ1) is 19.2. The van der Waals surface area contributed by atoms with Gasteiger partial charge in [0.25, 0.3) is 5.91 Å². The Morgan fingerprint density at radius 3 is 2.44 bits per heavy atom. The van der Waals surface area contributed by atoms with E-state index in [-0.39, 0.29) is 12.1 Å². The van der Waals surface area contributed by atoms with Gasteiger partial charge in [-0.3, -0.25) is 19.3 Å². The molecule has 0 aliphatic carbocycles. The van der Waals surface area contributed by atoms with Gasteiger partial charge in [0.2, 0.25) is 5.91 Å². The van der Waals surface area contributed by atoms with E-state index in [0.29, 0.717) is 25.9 Å². The van der Waals surface area contributed by atoms with Gasteiger partial charge in [0, 0.05) is 6.07 Å². The molecule has 2 amide bonds. The maximum Gasteiger partial charge on any atom is 0.573 e. The molecule has 2 heterocycles. The second-order valence-electron chi connectivity index (χ2n) is 6.48. The monoisotopic (exact) mass is 386 g/mol. The Bertz CT molecular complexity index is 759. The third-order valence-corrected chi connectivity index (χ3v) is 4.75. The fourth-order valence-electron chi connectivity index (χ4n) is 3.45. The molecular weight excluding hydrogens is 369 g/mol. The van der Waals surface area contributed by atoms with Gasteiger partial charge in [-0.1, -0.05) is 6.07 Å². The molecule has 1 N–H and O–H groups in total. The number of aliphatic carboxylic acids is 1. The van der Waals surface area contributed by atoms with E-state index in [1.165, 1.54) is 12.1 Å². The highest BCUT2D eigenvalue weighted by molar-refractivity contribution is 6.22. The predicted molar refractivity (Wildman–Crippen MR) is 86.0 cm³/mol. The van der Waals surface area contributed by atoms with Crippen LogP contribution in [0.15, 0.2) is 24.3 Å². The van der Waals surface area contributed by atoms with E-state index in [1.54, 1.807) is 4.90 Å². The van der Waals surface area contributed by atoms with Gasteiger partial charge in [0.1, 0.15) is 5.75 Å². The van der Waals surface area contributed by atoms with Crippen LogP contribution >= 0.6 is 0 Å². The molecule has 0 spiro atoms. The van der Waals surface area contributed by atoms with Crippen molar-refractivity contribution < 1.29 is 37.4 Å². The summed E-state index contributed by atoms with van der Waals surface area (Å²) < 4.78 is 41.0. The summed E-state index contributed by atoms with van der Waals surface area (Å²) in [4.78, 5) is 38.7. The maximum absolute atomic E-state index is 12.7. The van der Waals surface area contributed by atoms with E-state index in [0.717, 1.165) is 17.0 Å². The summed E-state index contributed by atoms with van der Waals surface area (Å²) in [6, 6.07) is 3.96. The Hall–Kier alpha value is -2.62. The lowest BCUT2D eigenvalue weighted by atomic mass is 9.96. The molecule has 0 saturated carbocycles. The molecule has 1 atom stereocenters. The van der Waals surface area contributed by atoms with Crippen LogP contribution in [-0.2, 0) is 14.4 Å². The van der Waals surface area contributed by atoms with Gasteiger partial charge in [-0.15, -0.1) is 13.2 Å². The van der Waals surface area contributed by atoms with Crippen molar-refractivity contribution in [3.8, 4) is 5.75 Å². The van der Waals surface area contributed by atoms with Gasteiger partial charge in [-0.2, -0.15) is 0 Å². The van der Waals surface area contributed by atoms with Crippen LogP contribution in [0.2, 0.25) is 0 Å². The lowest BCUT2D eigenvalue weighted by Crippen LogP contribution is -2.46. The number of anilines is 1. The number of likely N-dealkylation sites (tertiary alicyclic amines) is 1. The minimum atomic E-state index is -4.88. The third kappa shape index (κ3) is 4.21. The van der Waals surface area contributed by atoms with E-state index < -0.39 is 41.9 Å². The fourth-order valence-corrected chi connectivity index (χ4v) is 3.45. The van der Waals surface area contributed by atoms with Crippen molar-refractivity contribution in [2.24, 2.45) is 5.92 Å². The fraction of sp³-hybridized carbons (Fsp3) is 0.471. The first-order chi connectivity index (χ1) is 12.7. The van der Waals surface area contributed by atoms with Crippen molar-refractivity contribution in [1.82, 2.24) is 4.90 Å². The zero-order valence-corrected chi connectivity index (χ0v) is 14.1. The number of carboxylic acid groups (broad SMARTS) is 1. The maximum atomic E-state index is 12.7. The lowest BCUT2D eigenvalue weighted by molar-refractivity contribution is -0.274. The van der Waals surface area contributed by atoms with E-state index in [2.05, 4.69) is 4.74 Å². The molecule has 0 aromatic heterocycles. The van der Waals surface area contributed by atoms with Gasteiger partial charge in [-0.05, 0) is 38.1 Å². The van der Waals surface area contributed by atoms with Crippen molar-refractivity contribution >= 4 is 23.5 Å².